The quantitative estimate of drug-likeness (QED) is 0.868. The van der Waals surface area contributed by atoms with Crippen molar-refractivity contribution in [2.45, 2.75) is 39.0 Å². The smallest absolute Gasteiger partial charge is 0.318 e. The molecule has 1 unspecified atom stereocenters. The molecule has 0 bridgehead atoms. The molecule has 136 valence electrons. The van der Waals surface area contributed by atoms with Crippen molar-refractivity contribution in [2.24, 2.45) is 5.16 Å². The van der Waals surface area contributed by atoms with Gasteiger partial charge in [-0.2, -0.15) is 0 Å². The summed E-state index contributed by atoms with van der Waals surface area (Å²) in [4.78, 5) is 24.1. The lowest BCUT2D eigenvalue weighted by atomic mass is 10.1. The van der Waals surface area contributed by atoms with Gasteiger partial charge in [0, 0.05) is 37.0 Å². The SMILES string of the molecule is CC(C)NC(=O)N(Cc1ccccc1)CC1CC(c2cccnc2)=NO1. The Morgan fingerprint density at radius 1 is 1.27 bits per heavy atom. The van der Waals surface area contributed by atoms with Gasteiger partial charge in [0.1, 0.15) is 0 Å². The Kier molecular flexibility index (Phi) is 5.84. The van der Waals surface area contributed by atoms with Crippen LogP contribution in [0.2, 0.25) is 0 Å². The van der Waals surface area contributed by atoms with Crippen LogP contribution in [0.3, 0.4) is 0 Å². The van der Waals surface area contributed by atoms with Crippen LogP contribution in [-0.4, -0.2) is 40.3 Å². The molecule has 3 rings (SSSR count). The molecule has 1 aromatic heterocycles. The van der Waals surface area contributed by atoms with Crippen LogP contribution >= 0.6 is 0 Å². The van der Waals surface area contributed by atoms with Crippen molar-refractivity contribution >= 4 is 11.7 Å². The molecule has 2 amide bonds. The fraction of sp³-hybridized carbons (Fsp3) is 0.350. The minimum absolute atomic E-state index is 0.0764. The fourth-order valence-electron chi connectivity index (χ4n) is 2.84. The van der Waals surface area contributed by atoms with E-state index in [2.05, 4.69) is 15.5 Å². The third kappa shape index (κ3) is 4.81. The summed E-state index contributed by atoms with van der Waals surface area (Å²) in [5, 5.41) is 7.15. The van der Waals surface area contributed by atoms with Gasteiger partial charge in [0.25, 0.3) is 0 Å². The molecule has 1 aromatic carbocycles. The molecule has 0 saturated heterocycles. The van der Waals surface area contributed by atoms with Gasteiger partial charge in [-0.1, -0.05) is 35.5 Å². The van der Waals surface area contributed by atoms with Gasteiger partial charge in [-0.25, -0.2) is 4.79 Å². The first kappa shape index (κ1) is 17.9. The summed E-state index contributed by atoms with van der Waals surface area (Å²) < 4.78 is 0. The van der Waals surface area contributed by atoms with E-state index in [9.17, 15) is 4.79 Å². The van der Waals surface area contributed by atoms with E-state index in [0.717, 1.165) is 16.8 Å². The van der Waals surface area contributed by atoms with Gasteiger partial charge in [-0.05, 0) is 31.5 Å². The zero-order valence-corrected chi connectivity index (χ0v) is 15.1. The number of pyridine rings is 1. The number of carbonyl (C=O) groups excluding carboxylic acids is 1. The van der Waals surface area contributed by atoms with Crippen LogP contribution in [0.15, 0.2) is 60.0 Å². The lowest BCUT2D eigenvalue weighted by Gasteiger charge is -2.26. The van der Waals surface area contributed by atoms with Crippen molar-refractivity contribution in [3.05, 3.63) is 66.0 Å². The van der Waals surface area contributed by atoms with Crippen molar-refractivity contribution < 1.29 is 9.63 Å². The first-order valence-corrected chi connectivity index (χ1v) is 8.84. The highest BCUT2D eigenvalue weighted by atomic mass is 16.6. The Balaban J connectivity index is 1.65. The third-order valence-electron chi connectivity index (χ3n) is 4.07. The summed E-state index contributed by atoms with van der Waals surface area (Å²) in [5.74, 6) is 0. The number of nitrogens with one attached hydrogen (secondary N) is 1. The van der Waals surface area contributed by atoms with E-state index in [1.54, 1.807) is 17.3 Å². The molecule has 2 heterocycles. The highest BCUT2D eigenvalue weighted by Gasteiger charge is 2.27. The van der Waals surface area contributed by atoms with Crippen LogP contribution < -0.4 is 5.32 Å². The van der Waals surface area contributed by atoms with Crippen molar-refractivity contribution in [2.75, 3.05) is 6.54 Å². The number of benzene rings is 1. The Morgan fingerprint density at radius 2 is 2.08 bits per heavy atom. The largest absolute Gasteiger partial charge is 0.390 e. The van der Waals surface area contributed by atoms with Gasteiger partial charge in [0.2, 0.25) is 0 Å². The Bertz CT molecular complexity index is 747. The first-order valence-electron chi connectivity index (χ1n) is 8.84. The average Bonchev–Trinajstić information content (AvgIpc) is 3.11. The molecular weight excluding hydrogens is 328 g/mol. The zero-order chi connectivity index (χ0) is 18.4. The average molecular weight is 352 g/mol. The second-order valence-corrected chi connectivity index (χ2v) is 6.68. The van der Waals surface area contributed by atoms with E-state index in [1.165, 1.54) is 0 Å². The van der Waals surface area contributed by atoms with Crippen LogP contribution in [0.1, 0.15) is 31.4 Å². The Labute approximate surface area is 153 Å². The Morgan fingerprint density at radius 3 is 2.77 bits per heavy atom. The van der Waals surface area contributed by atoms with Crippen LogP contribution in [0, 0.1) is 0 Å². The Hall–Kier alpha value is -2.89. The third-order valence-corrected chi connectivity index (χ3v) is 4.07. The second kappa shape index (κ2) is 8.47. The predicted molar refractivity (Wildman–Crippen MR) is 101 cm³/mol. The number of aromatic nitrogens is 1. The molecular formula is C20H24N4O2. The molecule has 1 atom stereocenters. The van der Waals surface area contributed by atoms with E-state index in [1.807, 2.05) is 56.3 Å². The number of carbonyl (C=O) groups is 1. The van der Waals surface area contributed by atoms with Crippen molar-refractivity contribution in [3.8, 4) is 0 Å². The number of hydrogen-bond acceptors (Lipinski definition) is 4. The maximum atomic E-state index is 12.6. The second-order valence-electron chi connectivity index (χ2n) is 6.68. The maximum Gasteiger partial charge on any atom is 0.318 e. The molecule has 1 aliphatic rings. The normalized spacial score (nSPS) is 16.1. The molecule has 1 N–H and O–H groups in total. The summed E-state index contributed by atoms with van der Waals surface area (Å²) in [6.07, 6.45) is 4.01. The van der Waals surface area contributed by atoms with Crippen molar-refractivity contribution in [1.29, 1.82) is 0 Å². The number of oxime groups is 1. The maximum absolute atomic E-state index is 12.6. The molecule has 26 heavy (non-hydrogen) atoms. The van der Waals surface area contributed by atoms with Crippen LogP contribution in [0.4, 0.5) is 4.79 Å². The van der Waals surface area contributed by atoms with Gasteiger partial charge >= 0.3 is 6.03 Å². The van der Waals surface area contributed by atoms with E-state index in [4.69, 9.17) is 4.84 Å². The summed E-state index contributed by atoms with van der Waals surface area (Å²) in [5.41, 5.74) is 2.90. The predicted octanol–water partition coefficient (Wildman–Crippen LogP) is 3.19. The molecule has 6 heteroatoms. The number of rotatable bonds is 6. The number of urea groups is 1. The standard InChI is InChI=1S/C20H24N4O2/c1-15(2)22-20(25)24(13-16-7-4-3-5-8-16)14-18-11-19(23-26-18)17-9-6-10-21-12-17/h3-10,12,15,18H,11,13-14H2,1-2H3,(H,22,25). The van der Waals surface area contributed by atoms with Gasteiger partial charge in [-0.15, -0.1) is 0 Å². The number of nitrogens with zero attached hydrogens (tertiary/aromatic N) is 3. The molecule has 0 fully saturated rings. The van der Waals surface area contributed by atoms with Gasteiger partial charge in [0.15, 0.2) is 6.10 Å². The molecule has 0 radical (unpaired) electrons. The minimum Gasteiger partial charge on any atom is -0.390 e. The number of hydrogen-bond donors (Lipinski definition) is 1. The monoisotopic (exact) mass is 352 g/mol. The lowest BCUT2D eigenvalue weighted by molar-refractivity contribution is 0.0586. The topological polar surface area (TPSA) is 66.8 Å². The molecule has 2 aromatic rings. The molecule has 1 aliphatic heterocycles. The zero-order valence-electron chi connectivity index (χ0n) is 15.1. The van der Waals surface area contributed by atoms with Gasteiger partial charge < -0.3 is 15.1 Å². The minimum atomic E-state index is -0.160. The van der Waals surface area contributed by atoms with E-state index in [0.29, 0.717) is 19.5 Å². The lowest BCUT2D eigenvalue weighted by Crippen LogP contribution is -2.45. The van der Waals surface area contributed by atoms with Crippen molar-refractivity contribution in [3.63, 3.8) is 0 Å². The molecule has 6 nitrogen and oxygen atoms in total. The fourth-order valence-corrected chi connectivity index (χ4v) is 2.84. The van der Waals surface area contributed by atoms with Crippen LogP contribution in [0.5, 0.6) is 0 Å². The number of amides is 2. The van der Waals surface area contributed by atoms with Crippen molar-refractivity contribution in [1.82, 2.24) is 15.2 Å². The van der Waals surface area contributed by atoms with E-state index >= 15 is 0 Å². The van der Waals surface area contributed by atoms with E-state index < -0.39 is 0 Å². The summed E-state index contributed by atoms with van der Waals surface area (Å²) in [6, 6.07) is 13.8. The van der Waals surface area contributed by atoms with Gasteiger partial charge in [0.05, 0.1) is 12.3 Å². The molecule has 0 spiro atoms. The highest BCUT2D eigenvalue weighted by Crippen LogP contribution is 2.18. The van der Waals surface area contributed by atoms with Crippen LogP contribution in [0.25, 0.3) is 0 Å². The van der Waals surface area contributed by atoms with Gasteiger partial charge in [-0.3, -0.25) is 4.98 Å². The molecule has 0 aliphatic carbocycles. The van der Waals surface area contributed by atoms with Crippen LogP contribution in [-0.2, 0) is 11.4 Å². The van der Waals surface area contributed by atoms with E-state index in [-0.39, 0.29) is 18.2 Å². The molecule has 0 saturated carbocycles. The summed E-state index contributed by atoms with van der Waals surface area (Å²) in [7, 11) is 0. The summed E-state index contributed by atoms with van der Waals surface area (Å²) in [6.45, 7) is 4.91. The highest BCUT2D eigenvalue weighted by molar-refractivity contribution is 6.01. The summed E-state index contributed by atoms with van der Waals surface area (Å²) >= 11 is 0. The first-order chi connectivity index (χ1) is 12.6.